The lowest BCUT2D eigenvalue weighted by Crippen LogP contribution is -2.60. The zero-order chi connectivity index (χ0) is 19.5. The summed E-state index contributed by atoms with van der Waals surface area (Å²) in [7, 11) is 0. The molecule has 1 fully saturated rings. The highest BCUT2D eigenvalue weighted by Gasteiger charge is 2.26. The van der Waals surface area contributed by atoms with Gasteiger partial charge in [-0.05, 0) is 20.3 Å². The number of hydrogen-bond donors (Lipinski definition) is 7. The minimum absolute atomic E-state index is 0.0119. The van der Waals surface area contributed by atoms with E-state index in [1.54, 1.807) is 0 Å². The Morgan fingerprint density at radius 2 is 1.38 bits per heavy atom. The predicted molar refractivity (Wildman–Crippen MR) is 102 cm³/mol. The van der Waals surface area contributed by atoms with E-state index in [2.05, 4.69) is 26.6 Å². The number of carbonyl (C=O) groups is 2. The van der Waals surface area contributed by atoms with Crippen molar-refractivity contribution in [3.63, 3.8) is 0 Å². The molecule has 26 heavy (non-hydrogen) atoms. The van der Waals surface area contributed by atoms with Crippen molar-refractivity contribution in [1.82, 2.24) is 26.6 Å². The molecule has 1 aliphatic heterocycles. The Balaban J connectivity index is 2.49. The standard InChI is InChI=1S/C17H36N6O3/c1-16(18)10-19-6-8-21-12-17(2,13-22-9-7-20-11-16)23-14(24)4-3-5-15(25)26/h19-22H,3-13,18H2,1-2H3,(H,23,24)(H,25,26)/t16-,17-. The molecule has 0 radical (unpaired) electrons. The number of rotatable bonds is 5. The smallest absolute Gasteiger partial charge is 0.303 e. The number of carboxylic acid groups (broad SMARTS) is 1. The fourth-order valence-corrected chi connectivity index (χ4v) is 2.84. The molecule has 8 N–H and O–H groups in total. The third-order valence-corrected chi connectivity index (χ3v) is 4.28. The molecule has 0 aromatic carbocycles. The van der Waals surface area contributed by atoms with Gasteiger partial charge in [0.05, 0.1) is 5.54 Å². The molecule has 1 rings (SSSR count). The van der Waals surface area contributed by atoms with Crippen molar-refractivity contribution < 1.29 is 14.7 Å². The van der Waals surface area contributed by atoms with E-state index in [9.17, 15) is 9.59 Å². The first-order chi connectivity index (χ1) is 12.2. The largest absolute Gasteiger partial charge is 0.481 e. The van der Waals surface area contributed by atoms with Gasteiger partial charge in [-0.2, -0.15) is 0 Å². The molecular weight excluding hydrogens is 336 g/mol. The molecule has 0 unspecified atom stereocenters. The average Bonchev–Trinajstić information content (AvgIpc) is 2.53. The first kappa shape index (κ1) is 22.8. The van der Waals surface area contributed by atoms with Gasteiger partial charge in [-0.1, -0.05) is 0 Å². The highest BCUT2D eigenvalue weighted by Crippen LogP contribution is 2.04. The van der Waals surface area contributed by atoms with Crippen LogP contribution in [0.3, 0.4) is 0 Å². The van der Waals surface area contributed by atoms with Crippen LogP contribution in [-0.4, -0.2) is 80.4 Å². The number of nitrogens with two attached hydrogens (primary N) is 1. The molecule has 0 aromatic heterocycles. The van der Waals surface area contributed by atoms with Crippen LogP contribution in [0.1, 0.15) is 33.1 Å². The summed E-state index contributed by atoms with van der Waals surface area (Å²) >= 11 is 0. The quantitative estimate of drug-likeness (QED) is 0.300. The molecule has 0 aliphatic carbocycles. The Morgan fingerprint density at radius 1 is 0.923 bits per heavy atom. The van der Waals surface area contributed by atoms with Crippen LogP contribution in [0.2, 0.25) is 0 Å². The molecule has 152 valence electrons. The Morgan fingerprint density at radius 3 is 1.85 bits per heavy atom. The Hall–Kier alpha value is -1.26. The van der Waals surface area contributed by atoms with Gasteiger partial charge in [-0.3, -0.25) is 9.59 Å². The summed E-state index contributed by atoms with van der Waals surface area (Å²) in [6.45, 7) is 9.86. The van der Waals surface area contributed by atoms with E-state index < -0.39 is 11.5 Å². The van der Waals surface area contributed by atoms with Crippen molar-refractivity contribution in [2.75, 3.05) is 52.4 Å². The summed E-state index contributed by atoms with van der Waals surface area (Å²) in [5.74, 6) is -0.993. The van der Waals surface area contributed by atoms with Gasteiger partial charge in [-0.25, -0.2) is 0 Å². The Bertz CT molecular complexity index is 426. The first-order valence-corrected chi connectivity index (χ1v) is 9.37. The molecular formula is C17H36N6O3. The number of amides is 1. The summed E-state index contributed by atoms with van der Waals surface area (Å²) in [5.41, 5.74) is 5.51. The lowest BCUT2D eigenvalue weighted by molar-refractivity contribution is -0.137. The molecule has 1 aliphatic rings. The van der Waals surface area contributed by atoms with Crippen LogP contribution in [0.4, 0.5) is 0 Å². The van der Waals surface area contributed by atoms with E-state index in [0.717, 1.165) is 39.3 Å². The van der Waals surface area contributed by atoms with E-state index in [-0.39, 0.29) is 24.3 Å². The first-order valence-electron chi connectivity index (χ1n) is 9.37. The van der Waals surface area contributed by atoms with Gasteiger partial charge in [0, 0.05) is 70.7 Å². The molecule has 0 atom stereocenters. The number of hydrogen-bond acceptors (Lipinski definition) is 7. The van der Waals surface area contributed by atoms with Crippen molar-refractivity contribution in [2.24, 2.45) is 5.73 Å². The number of aliphatic carboxylic acids is 1. The van der Waals surface area contributed by atoms with E-state index in [0.29, 0.717) is 19.5 Å². The van der Waals surface area contributed by atoms with Crippen LogP contribution in [0.15, 0.2) is 0 Å². The van der Waals surface area contributed by atoms with Gasteiger partial charge in [-0.15, -0.1) is 0 Å². The van der Waals surface area contributed by atoms with E-state index in [1.165, 1.54) is 0 Å². The van der Waals surface area contributed by atoms with Crippen molar-refractivity contribution in [2.45, 2.75) is 44.2 Å². The average molecular weight is 373 g/mol. The van der Waals surface area contributed by atoms with Crippen LogP contribution < -0.4 is 32.3 Å². The van der Waals surface area contributed by atoms with Crippen molar-refractivity contribution in [1.29, 1.82) is 0 Å². The zero-order valence-corrected chi connectivity index (χ0v) is 16.1. The van der Waals surface area contributed by atoms with E-state index in [4.69, 9.17) is 10.8 Å². The molecule has 0 bridgehead atoms. The summed E-state index contributed by atoms with van der Waals surface area (Å²) in [4.78, 5) is 22.7. The number of nitrogens with one attached hydrogen (secondary N) is 5. The second kappa shape index (κ2) is 11.5. The highest BCUT2D eigenvalue weighted by atomic mass is 16.4. The molecule has 1 heterocycles. The fraction of sp³-hybridized carbons (Fsp3) is 0.882. The van der Waals surface area contributed by atoms with Crippen LogP contribution in [0, 0.1) is 0 Å². The Kier molecular flexibility index (Phi) is 10.0. The van der Waals surface area contributed by atoms with Crippen molar-refractivity contribution >= 4 is 11.9 Å². The minimum atomic E-state index is -0.876. The maximum Gasteiger partial charge on any atom is 0.303 e. The third-order valence-electron chi connectivity index (χ3n) is 4.28. The van der Waals surface area contributed by atoms with Crippen LogP contribution in [0.5, 0.6) is 0 Å². The summed E-state index contributed by atoms with van der Waals surface area (Å²) in [5, 5.41) is 25.2. The normalized spacial score (nSPS) is 29.5. The van der Waals surface area contributed by atoms with Gasteiger partial charge in [0.2, 0.25) is 5.91 Å². The van der Waals surface area contributed by atoms with Crippen LogP contribution in [-0.2, 0) is 9.59 Å². The maximum atomic E-state index is 12.1. The summed E-state index contributed by atoms with van der Waals surface area (Å²) in [6, 6.07) is 0. The van der Waals surface area contributed by atoms with E-state index >= 15 is 0 Å². The van der Waals surface area contributed by atoms with Crippen molar-refractivity contribution in [3.8, 4) is 0 Å². The summed E-state index contributed by atoms with van der Waals surface area (Å²) < 4.78 is 0. The molecule has 1 amide bonds. The maximum absolute atomic E-state index is 12.1. The van der Waals surface area contributed by atoms with Crippen LogP contribution >= 0.6 is 0 Å². The number of carboxylic acids is 1. The molecule has 1 saturated heterocycles. The monoisotopic (exact) mass is 372 g/mol. The van der Waals surface area contributed by atoms with E-state index in [1.807, 2.05) is 13.8 Å². The van der Waals surface area contributed by atoms with Gasteiger partial charge >= 0.3 is 5.97 Å². The summed E-state index contributed by atoms with van der Waals surface area (Å²) in [6.07, 6.45) is 0.585. The highest BCUT2D eigenvalue weighted by molar-refractivity contribution is 5.77. The number of carbonyl (C=O) groups excluding carboxylic acids is 1. The SMILES string of the molecule is C[C@]1(N)CNCCNC[C@](C)(NC(=O)CCCC(=O)O)CNCCNC1. The predicted octanol–water partition coefficient (Wildman–Crippen LogP) is -1.79. The van der Waals surface area contributed by atoms with Crippen LogP contribution in [0.25, 0.3) is 0 Å². The second-order valence-corrected chi connectivity index (χ2v) is 7.72. The topological polar surface area (TPSA) is 141 Å². The van der Waals surface area contributed by atoms with Gasteiger partial charge in [0.25, 0.3) is 0 Å². The lowest BCUT2D eigenvalue weighted by atomic mass is 10.0. The molecule has 0 spiro atoms. The molecule has 0 saturated carbocycles. The molecule has 9 nitrogen and oxygen atoms in total. The molecule has 9 heteroatoms. The second-order valence-electron chi connectivity index (χ2n) is 7.72. The van der Waals surface area contributed by atoms with Gasteiger partial charge < -0.3 is 37.4 Å². The third kappa shape index (κ3) is 10.7. The van der Waals surface area contributed by atoms with Gasteiger partial charge in [0.15, 0.2) is 0 Å². The van der Waals surface area contributed by atoms with Gasteiger partial charge in [0.1, 0.15) is 0 Å². The Labute approximate surface area is 156 Å². The molecule has 0 aromatic rings. The fourth-order valence-electron chi connectivity index (χ4n) is 2.84. The lowest BCUT2D eigenvalue weighted by Gasteiger charge is -2.32. The minimum Gasteiger partial charge on any atom is -0.481 e. The zero-order valence-electron chi connectivity index (χ0n) is 16.1. The van der Waals surface area contributed by atoms with Crippen molar-refractivity contribution in [3.05, 3.63) is 0 Å².